The molecule has 0 aliphatic heterocycles. The molecule has 3 nitrogen and oxygen atoms in total. The molecule has 21 heavy (non-hydrogen) atoms. The van der Waals surface area contributed by atoms with E-state index in [-0.39, 0.29) is 6.04 Å². The van der Waals surface area contributed by atoms with Crippen molar-refractivity contribution in [2.45, 2.75) is 43.5 Å². The Morgan fingerprint density at radius 3 is 2.57 bits per heavy atom. The smallest absolute Gasteiger partial charge is 0.208 e. The first-order chi connectivity index (χ1) is 10.1. The first-order valence-electron chi connectivity index (χ1n) is 7.60. The van der Waals surface area contributed by atoms with Crippen molar-refractivity contribution in [2.75, 3.05) is 0 Å². The van der Waals surface area contributed by atoms with Crippen molar-refractivity contribution in [1.29, 1.82) is 0 Å². The maximum Gasteiger partial charge on any atom is 0.241 e. The second-order valence-electron chi connectivity index (χ2n) is 5.88. The normalized spacial score (nSPS) is 17.0. The van der Waals surface area contributed by atoms with Crippen LogP contribution < -0.4 is 4.72 Å². The lowest BCUT2D eigenvalue weighted by Crippen LogP contribution is -2.34. The van der Waals surface area contributed by atoms with Crippen LogP contribution in [0.2, 0.25) is 0 Å². The first kappa shape index (κ1) is 14.5. The van der Waals surface area contributed by atoms with Crippen LogP contribution in [-0.2, 0) is 10.0 Å². The van der Waals surface area contributed by atoms with Crippen LogP contribution in [0.5, 0.6) is 0 Å². The zero-order chi connectivity index (χ0) is 14.9. The maximum absolute atomic E-state index is 12.7. The molecule has 0 radical (unpaired) electrons. The van der Waals surface area contributed by atoms with Gasteiger partial charge in [0.05, 0.1) is 4.90 Å². The number of hydrogen-bond donors (Lipinski definition) is 1. The van der Waals surface area contributed by atoms with Gasteiger partial charge < -0.3 is 0 Å². The highest BCUT2D eigenvalue weighted by atomic mass is 32.2. The van der Waals surface area contributed by atoms with Gasteiger partial charge in [-0.05, 0) is 30.2 Å². The lowest BCUT2D eigenvalue weighted by atomic mass is 10.1. The second-order valence-corrected chi connectivity index (χ2v) is 7.57. The van der Waals surface area contributed by atoms with Crippen molar-refractivity contribution in [3.8, 4) is 0 Å². The predicted molar refractivity (Wildman–Crippen MR) is 85.7 cm³/mol. The lowest BCUT2D eigenvalue weighted by molar-refractivity contribution is 0.495. The molecule has 0 aromatic heterocycles. The van der Waals surface area contributed by atoms with Crippen LogP contribution in [0.3, 0.4) is 0 Å². The molecule has 3 rings (SSSR count). The topological polar surface area (TPSA) is 46.2 Å². The van der Waals surface area contributed by atoms with E-state index >= 15 is 0 Å². The highest BCUT2D eigenvalue weighted by Gasteiger charge is 2.28. The summed E-state index contributed by atoms with van der Waals surface area (Å²) in [6.45, 7) is 2.04. The van der Waals surface area contributed by atoms with Crippen LogP contribution in [0.25, 0.3) is 10.8 Å². The summed E-state index contributed by atoms with van der Waals surface area (Å²) in [5.41, 5.74) is 0. The summed E-state index contributed by atoms with van der Waals surface area (Å²) >= 11 is 0. The molecule has 1 unspecified atom stereocenters. The molecule has 4 heteroatoms. The average Bonchev–Trinajstić information content (AvgIpc) is 3.29. The molecular weight excluding hydrogens is 282 g/mol. The quantitative estimate of drug-likeness (QED) is 0.884. The van der Waals surface area contributed by atoms with Crippen molar-refractivity contribution in [3.63, 3.8) is 0 Å². The summed E-state index contributed by atoms with van der Waals surface area (Å²) in [4.78, 5) is 0.384. The van der Waals surface area contributed by atoms with E-state index in [2.05, 4.69) is 4.72 Å². The molecule has 0 bridgehead atoms. The fraction of sp³-hybridized carbons (Fsp3) is 0.412. The fourth-order valence-electron chi connectivity index (χ4n) is 2.77. The van der Waals surface area contributed by atoms with Gasteiger partial charge in [-0.25, -0.2) is 13.1 Å². The predicted octanol–water partition coefficient (Wildman–Crippen LogP) is 3.70. The fourth-order valence-corrected chi connectivity index (χ4v) is 4.33. The molecule has 0 saturated heterocycles. The Hall–Kier alpha value is -1.39. The van der Waals surface area contributed by atoms with Crippen molar-refractivity contribution in [3.05, 3.63) is 42.5 Å². The maximum atomic E-state index is 12.7. The monoisotopic (exact) mass is 303 g/mol. The summed E-state index contributed by atoms with van der Waals surface area (Å²) in [5.74, 6) is 0.713. The van der Waals surface area contributed by atoms with Gasteiger partial charge in [-0.1, -0.05) is 56.2 Å². The Morgan fingerprint density at radius 1 is 1.14 bits per heavy atom. The highest BCUT2D eigenvalue weighted by molar-refractivity contribution is 7.89. The molecular formula is C17H21NO2S. The van der Waals surface area contributed by atoms with Crippen LogP contribution in [-0.4, -0.2) is 14.5 Å². The highest BCUT2D eigenvalue weighted by Crippen LogP contribution is 2.34. The van der Waals surface area contributed by atoms with Gasteiger partial charge in [-0.15, -0.1) is 0 Å². The van der Waals surface area contributed by atoms with Gasteiger partial charge in [-0.2, -0.15) is 0 Å². The van der Waals surface area contributed by atoms with Crippen LogP contribution in [0, 0.1) is 5.92 Å². The van der Waals surface area contributed by atoms with Crippen molar-refractivity contribution >= 4 is 20.8 Å². The first-order valence-corrected chi connectivity index (χ1v) is 9.08. The van der Waals surface area contributed by atoms with E-state index in [9.17, 15) is 8.42 Å². The molecule has 1 aliphatic carbocycles. The third-order valence-electron chi connectivity index (χ3n) is 4.17. The van der Waals surface area contributed by atoms with E-state index in [1.165, 1.54) is 12.8 Å². The van der Waals surface area contributed by atoms with Crippen molar-refractivity contribution in [1.82, 2.24) is 4.72 Å². The summed E-state index contributed by atoms with van der Waals surface area (Å²) in [6.07, 6.45) is 4.28. The molecule has 2 aromatic rings. The summed E-state index contributed by atoms with van der Waals surface area (Å²) in [5, 5.41) is 1.74. The van der Waals surface area contributed by atoms with Crippen molar-refractivity contribution < 1.29 is 8.42 Å². The van der Waals surface area contributed by atoms with Gasteiger partial charge in [0.2, 0.25) is 10.0 Å². The molecule has 1 aliphatic rings. The molecule has 1 fully saturated rings. The molecule has 0 amide bonds. The van der Waals surface area contributed by atoms with E-state index in [0.717, 1.165) is 23.6 Å². The molecule has 0 heterocycles. The average molecular weight is 303 g/mol. The Bertz CT molecular complexity index is 730. The minimum Gasteiger partial charge on any atom is -0.208 e. The van der Waals surface area contributed by atoms with Gasteiger partial charge >= 0.3 is 0 Å². The van der Waals surface area contributed by atoms with Crippen molar-refractivity contribution in [2.24, 2.45) is 5.92 Å². The van der Waals surface area contributed by atoms with Crippen LogP contribution in [0.15, 0.2) is 47.4 Å². The molecule has 112 valence electrons. The van der Waals surface area contributed by atoms with E-state index in [1.54, 1.807) is 12.1 Å². The van der Waals surface area contributed by atoms with Crippen LogP contribution in [0.4, 0.5) is 0 Å². The van der Waals surface area contributed by atoms with Gasteiger partial charge in [0.25, 0.3) is 0 Å². The minimum atomic E-state index is -3.47. The SMILES string of the molecule is CCC(CC1CC1)NS(=O)(=O)c1cccc2ccccc12. The zero-order valence-corrected chi connectivity index (χ0v) is 13.1. The molecule has 1 atom stereocenters. The Morgan fingerprint density at radius 2 is 1.86 bits per heavy atom. The van der Waals surface area contributed by atoms with E-state index in [1.807, 2.05) is 37.3 Å². The molecule has 1 N–H and O–H groups in total. The molecule has 0 spiro atoms. The largest absolute Gasteiger partial charge is 0.241 e. The number of benzene rings is 2. The third kappa shape index (κ3) is 3.27. The Balaban J connectivity index is 1.92. The lowest BCUT2D eigenvalue weighted by Gasteiger charge is -2.17. The van der Waals surface area contributed by atoms with Gasteiger partial charge in [0, 0.05) is 11.4 Å². The number of sulfonamides is 1. The number of nitrogens with one attached hydrogen (secondary N) is 1. The van der Waals surface area contributed by atoms with Crippen LogP contribution >= 0.6 is 0 Å². The van der Waals surface area contributed by atoms with Gasteiger partial charge in [-0.3, -0.25) is 0 Å². The minimum absolute atomic E-state index is 0.0430. The van der Waals surface area contributed by atoms with E-state index in [0.29, 0.717) is 10.8 Å². The molecule has 2 aromatic carbocycles. The van der Waals surface area contributed by atoms with E-state index in [4.69, 9.17) is 0 Å². The third-order valence-corrected chi connectivity index (χ3v) is 5.75. The number of hydrogen-bond acceptors (Lipinski definition) is 2. The summed E-state index contributed by atoms with van der Waals surface area (Å²) < 4.78 is 28.3. The number of rotatable bonds is 6. The Kier molecular flexibility index (Phi) is 4.00. The van der Waals surface area contributed by atoms with Crippen LogP contribution in [0.1, 0.15) is 32.6 Å². The van der Waals surface area contributed by atoms with Gasteiger partial charge in [0.1, 0.15) is 0 Å². The number of fused-ring (bicyclic) bond motifs is 1. The Labute approximate surface area is 126 Å². The summed E-state index contributed by atoms with van der Waals surface area (Å²) in [6, 6.07) is 13.1. The van der Waals surface area contributed by atoms with E-state index < -0.39 is 10.0 Å². The molecule has 1 saturated carbocycles. The summed E-state index contributed by atoms with van der Waals surface area (Å²) in [7, 11) is -3.47. The standard InChI is InChI=1S/C17H21NO2S/c1-2-15(12-13-10-11-13)18-21(19,20)17-9-5-7-14-6-3-4-8-16(14)17/h3-9,13,15,18H,2,10-12H2,1H3. The second kappa shape index (κ2) is 5.78. The van der Waals surface area contributed by atoms with Gasteiger partial charge in [0.15, 0.2) is 0 Å². The zero-order valence-electron chi connectivity index (χ0n) is 12.2.